The lowest BCUT2D eigenvalue weighted by atomic mass is 10.2. The van der Waals surface area contributed by atoms with Crippen molar-refractivity contribution in [3.63, 3.8) is 0 Å². The molecule has 25 heavy (non-hydrogen) atoms. The molecule has 7 nitrogen and oxygen atoms in total. The van der Waals surface area contributed by atoms with Crippen LogP contribution in [-0.2, 0) is 11.3 Å². The van der Waals surface area contributed by atoms with E-state index < -0.39 is 0 Å². The van der Waals surface area contributed by atoms with Crippen LogP contribution in [0.1, 0.15) is 11.5 Å². The van der Waals surface area contributed by atoms with Crippen molar-refractivity contribution in [2.24, 2.45) is 0 Å². The number of nitrogens with one attached hydrogen (secondary N) is 1. The van der Waals surface area contributed by atoms with E-state index >= 15 is 0 Å². The number of amides is 2. The Morgan fingerprint density at radius 2 is 1.96 bits per heavy atom. The molecule has 1 aromatic heterocycles. The fraction of sp³-hybridized carbons (Fsp3) is 0.389. The van der Waals surface area contributed by atoms with Crippen molar-refractivity contribution in [2.75, 3.05) is 39.8 Å². The van der Waals surface area contributed by atoms with E-state index in [1.54, 1.807) is 44.4 Å². The van der Waals surface area contributed by atoms with Gasteiger partial charge in [-0.1, -0.05) is 0 Å². The number of hydrogen-bond donors (Lipinski definition) is 1. The van der Waals surface area contributed by atoms with Crippen LogP contribution in [0.2, 0.25) is 0 Å². The summed E-state index contributed by atoms with van der Waals surface area (Å²) in [4.78, 5) is 14.3. The smallest absolute Gasteiger partial charge is 0.322 e. The van der Waals surface area contributed by atoms with Crippen molar-refractivity contribution < 1.29 is 23.4 Å². The summed E-state index contributed by atoms with van der Waals surface area (Å²) in [6, 6.07) is 8.67. The molecule has 136 valence electrons. The first kappa shape index (κ1) is 18.7. The van der Waals surface area contributed by atoms with Gasteiger partial charge < -0.3 is 28.8 Å². The molecule has 0 saturated carbocycles. The Labute approximate surface area is 147 Å². The molecule has 0 aliphatic heterocycles. The Morgan fingerprint density at radius 1 is 1.16 bits per heavy atom. The van der Waals surface area contributed by atoms with Crippen molar-refractivity contribution in [2.45, 2.75) is 13.5 Å². The summed E-state index contributed by atoms with van der Waals surface area (Å²) >= 11 is 0. The van der Waals surface area contributed by atoms with Crippen LogP contribution in [0.15, 0.2) is 34.7 Å². The maximum Gasteiger partial charge on any atom is 0.322 e. The minimum absolute atomic E-state index is 0.269. The van der Waals surface area contributed by atoms with Crippen molar-refractivity contribution in [1.29, 1.82) is 0 Å². The predicted molar refractivity (Wildman–Crippen MR) is 94.3 cm³/mol. The van der Waals surface area contributed by atoms with Crippen molar-refractivity contribution in [1.82, 2.24) is 4.90 Å². The molecule has 0 unspecified atom stereocenters. The molecule has 1 N–H and O–H groups in total. The lowest BCUT2D eigenvalue weighted by molar-refractivity contribution is 0.149. The second-order valence-corrected chi connectivity index (χ2v) is 5.42. The van der Waals surface area contributed by atoms with Gasteiger partial charge in [0, 0.05) is 19.7 Å². The number of methoxy groups -OCH3 is 3. The van der Waals surface area contributed by atoms with Crippen LogP contribution in [0.5, 0.6) is 11.5 Å². The quantitative estimate of drug-likeness (QED) is 0.792. The monoisotopic (exact) mass is 348 g/mol. The Bertz CT molecular complexity index is 699. The number of furan rings is 1. The summed E-state index contributed by atoms with van der Waals surface area (Å²) < 4.78 is 21.1. The van der Waals surface area contributed by atoms with Gasteiger partial charge in [0.05, 0.1) is 33.1 Å². The Hall–Kier alpha value is -2.67. The topological polar surface area (TPSA) is 73.2 Å². The highest BCUT2D eigenvalue weighted by molar-refractivity contribution is 5.91. The number of ether oxygens (including phenoxy) is 3. The van der Waals surface area contributed by atoms with E-state index in [-0.39, 0.29) is 6.03 Å². The fourth-order valence-electron chi connectivity index (χ4n) is 2.31. The van der Waals surface area contributed by atoms with Crippen LogP contribution >= 0.6 is 0 Å². The van der Waals surface area contributed by atoms with E-state index in [1.165, 1.54) is 0 Å². The molecule has 7 heteroatoms. The first-order valence-corrected chi connectivity index (χ1v) is 7.89. The first-order valence-electron chi connectivity index (χ1n) is 7.89. The number of hydrogen-bond acceptors (Lipinski definition) is 5. The van der Waals surface area contributed by atoms with E-state index in [0.29, 0.717) is 42.6 Å². The minimum Gasteiger partial charge on any atom is -0.497 e. The van der Waals surface area contributed by atoms with Crippen molar-refractivity contribution in [3.8, 4) is 11.5 Å². The third-order valence-electron chi connectivity index (χ3n) is 3.65. The first-order chi connectivity index (χ1) is 12.1. The molecule has 0 saturated heterocycles. The maximum absolute atomic E-state index is 12.7. The molecule has 1 aromatic carbocycles. The highest BCUT2D eigenvalue weighted by Crippen LogP contribution is 2.29. The van der Waals surface area contributed by atoms with Crippen molar-refractivity contribution in [3.05, 3.63) is 41.9 Å². The summed E-state index contributed by atoms with van der Waals surface area (Å²) in [5.74, 6) is 2.69. The van der Waals surface area contributed by atoms with E-state index in [4.69, 9.17) is 18.6 Å². The van der Waals surface area contributed by atoms with E-state index in [9.17, 15) is 4.79 Å². The van der Waals surface area contributed by atoms with Gasteiger partial charge in [-0.2, -0.15) is 0 Å². The highest BCUT2D eigenvalue weighted by atomic mass is 16.5. The van der Waals surface area contributed by atoms with Gasteiger partial charge in [-0.05, 0) is 31.2 Å². The molecule has 0 aliphatic carbocycles. The third kappa shape index (κ3) is 5.15. The number of carbonyl (C=O) groups is 1. The molecule has 0 atom stereocenters. The second kappa shape index (κ2) is 8.98. The van der Waals surface area contributed by atoms with Crippen LogP contribution in [0.25, 0.3) is 0 Å². The summed E-state index contributed by atoms with van der Waals surface area (Å²) in [7, 11) is 4.71. The zero-order valence-electron chi connectivity index (χ0n) is 15.0. The molecule has 0 spiro atoms. The molecule has 2 amide bonds. The number of nitrogens with zero attached hydrogens (tertiary/aromatic N) is 1. The number of rotatable bonds is 8. The Kier molecular flexibility index (Phi) is 6.71. The van der Waals surface area contributed by atoms with Crippen LogP contribution in [-0.4, -0.2) is 45.4 Å². The Balaban J connectivity index is 2.13. The normalized spacial score (nSPS) is 10.4. The molecule has 1 heterocycles. The second-order valence-electron chi connectivity index (χ2n) is 5.42. The molecule has 0 fully saturated rings. The Morgan fingerprint density at radius 3 is 2.56 bits per heavy atom. The third-order valence-corrected chi connectivity index (χ3v) is 3.65. The summed E-state index contributed by atoms with van der Waals surface area (Å²) in [6.45, 7) is 3.07. The van der Waals surface area contributed by atoms with Gasteiger partial charge in [-0.15, -0.1) is 0 Å². The van der Waals surface area contributed by atoms with Crippen molar-refractivity contribution >= 4 is 11.7 Å². The molecule has 0 aliphatic rings. The van der Waals surface area contributed by atoms with E-state index in [0.717, 1.165) is 5.76 Å². The number of urea groups is 1. The summed E-state index contributed by atoms with van der Waals surface area (Å²) in [5, 5.41) is 2.86. The molecular formula is C18H24N2O5. The SMILES string of the molecule is COCCN(Cc1ccc(C)o1)C(=O)Nc1ccc(OC)cc1OC. The molecule has 0 bridgehead atoms. The average Bonchev–Trinajstić information content (AvgIpc) is 3.03. The standard InChI is InChI=1S/C18H24N2O5/c1-13-5-6-15(25-13)12-20(9-10-22-2)18(21)19-16-8-7-14(23-3)11-17(16)24-4/h5-8,11H,9-10,12H2,1-4H3,(H,19,21). The summed E-state index contributed by atoms with van der Waals surface area (Å²) in [6.07, 6.45) is 0. The van der Waals surface area contributed by atoms with Gasteiger partial charge in [-0.25, -0.2) is 4.79 Å². The maximum atomic E-state index is 12.7. The van der Waals surface area contributed by atoms with E-state index in [2.05, 4.69) is 5.32 Å². The molecule has 2 aromatic rings. The molecular weight excluding hydrogens is 324 g/mol. The largest absolute Gasteiger partial charge is 0.497 e. The van der Waals surface area contributed by atoms with Gasteiger partial charge in [0.25, 0.3) is 0 Å². The fourth-order valence-corrected chi connectivity index (χ4v) is 2.31. The zero-order valence-corrected chi connectivity index (χ0v) is 15.0. The number of aryl methyl sites for hydroxylation is 1. The average molecular weight is 348 g/mol. The number of carbonyl (C=O) groups excluding carboxylic acids is 1. The number of anilines is 1. The lowest BCUT2D eigenvalue weighted by Crippen LogP contribution is -2.36. The lowest BCUT2D eigenvalue weighted by Gasteiger charge is -2.22. The van der Waals surface area contributed by atoms with Crippen LogP contribution in [0.4, 0.5) is 10.5 Å². The van der Waals surface area contributed by atoms with Gasteiger partial charge in [0.1, 0.15) is 23.0 Å². The zero-order chi connectivity index (χ0) is 18.2. The van der Waals surface area contributed by atoms with Crippen LogP contribution in [0.3, 0.4) is 0 Å². The van der Waals surface area contributed by atoms with E-state index in [1.807, 2.05) is 19.1 Å². The van der Waals surface area contributed by atoms with Gasteiger partial charge in [0.2, 0.25) is 0 Å². The highest BCUT2D eigenvalue weighted by Gasteiger charge is 2.17. The van der Waals surface area contributed by atoms with Crippen LogP contribution < -0.4 is 14.8 Å². The van der Waals surface area contributed by atoms with Gasteiger partial charge >= 0.3 is 6.03 Å². The predicted octanol–water partition coefficient (Wildman–Crippen LogP) is 3.29. The molecule has 2 rings (SSSR count). The van der Waals surface area contributed by atoms with Gasteiger partial charge in [0.15, 0.2) is 0 Å². The minimum atomic E-state index is -0.269. The van der Waals surface area contributed by atoms with Gasteiger partial charge in [-0.3, -0.25) is 0 Å². The molecule has 0 radical (unpaired) electrons. The summed E-state index contributed by atoms with van der Waals surface area (Å²) in [5.41, 5.74) is 0.561. The van der Waals surface area contributed by atoms with Crippen LogP contribution in [0, 0.1) is 6.92 Å². The number of benzene rings is 1.